The summed E-state index contributed by atoms with van der Waals surface area (Å²) in [6.45, 7) is 4.11. The number of pyridine rings is 1. The van der Waals surface area contributed by atoms with E-state index in [1.165, 1.54) is 6.20 Å². The molecule has 1 aromatic heterocycles. The van der Waals surface area contributed by atoms with Crippen LogP contribution in [0.5, 0.6) is 5.75 Å². The Morgan fingerprint density at radius 1 is 1.38 bits per heavy atom. The van der Waals surface area contributed by atoms with Gasteiger partial charge in [0.1, 0.15) is 5.75 Å². The number of methoxy groups -OCH3 is 1. The molecule has 1 aromatic carbocycles. The molecule has 7 nitrogen and oxygen atoms in total. The van der Waals surface area contributed by atoms with Crippen LogP contribution >= 0.6 is 0 Å². The van der Waals surface area contributed by atoms with Crippen LogP contribution in [0.2, 0.25) is 0 Å². The Morgan fingerprint density at radius 3 is 2.96 bits per heavy atom. The Labute approximate surface area is 152 Å². The van der Waals surface area contributed by atoms with Crippen LogP contribution in [0.1, 0.15) is 21.5 Å². The molecular weight excluding hydrogens is 332 g/mol. The summed E-state index contributed by atoms with van der Waals surface area (Å²) in [5.41, 5.74) is 4.94. The Bertz CT molecular complexity index is 759. The van der Waals surface area contributed by atoms with Gasteiger partial charge in [0.25, 0.3) is 5.91 Å². The predicted molar refractivity (Wildman–Crippen MR) is 98.4 cm³/mol. The van der Waals surface area contributed by atoms with E-state index in [9.17, 15) is 4.79 Å². The van der Waals surface area contributed by atoms with E-state index in [1.54, 1.807) is 31.7 Å². The number of carbonyl (C=O) groups is 1. The molecule has 2 aromatic rings. The highest BCUT2D eigenvalue weighted by atomic mass is 16.5. The molecule has 1 amide bonds. The molecule has 0 radical (unpaired) electrons. The molecule has 0 saturated carbocycles. The number of aromatic nitrogens is 1. The van der Waals surface area contributed by atoms with Gasteiger partial charge in [-0.15, -0.1) is 0 Å². The molecule has 7 heteroatoms. The Kier molecular flexibility index (Phi) is 6.29. The molecule has 136 valence electrons. The van der Waals surface area contributed by atoms with E-state index in [-0.39, 0.29) is 5.91 Å². The van der Waals surface area contributed by atoms with Crippen molar-refractivity contribution in [1.29, 1.82) is 0 Å². The number of hydrogen-bond acceptors (Lipinski definition) is 6. The minimum absolute atomic E-state index is 0.295. The van der Waals surface area contributed by atoms with Crippen molar-refractivity contribution in [2.75, 3.05) is 33.4 Å². The maximum atomic E-state index is 12.0. The third-order valence-electron chi connectivity index (χ3n) is 4.11. The van der Waals surface area contributed by atoms with Crippen LogP contribution in [0.25, 0.3) is 0 Å². The van der Waals surface area contributed by atoms with Gasteiger partial charge < -0.3 is 9.47 Å². The van der Waals surface area contributed by atoms with Gasteiger partial charge in [0.15, 0.2) is 0 Å². The minimum Gasteiger partial charge on any atom is -0.496 e. The van der Waals surface area contributed by atoms with Gasteiger partial charge in [0, 0.05) is 37.6 Å². The third kappa shape index (κ3) is 4.87. The average Bonchev–Trinajstić information content (AvgIpc) is 2.69. The van der Waals surface area contributed by atoms with Gasteiger partial charge in [-0.1, -0.05) is 0 Å². The number of rotatable bonds is 6. The van der Waals surface area contributed by atoms with Crippen molar-refractivity contribution < 1.29 is 14.3 Å². The van der Waals surface area contributed by atoms with E-state index in [4.69, 9.17) is 9.47 Å². The van der Waals surface area contributed by atoms with Crippen molar-refractivity contribution >= 4 is 12.1 Å². The second kappa shape index (κ2) is 9.07. The molecule has 2 heterocycles. The van der Waals surface area contributed by atoms with Gasteiger partial charge in [-0.2, -0.15) is 5.10 Å². The van der Waals surface area contributed by atoms with Gasteiger partial charge in [-0.05, 0) is 35.9 Å². The fourth-order valence-corrected chi connectivity index (χ4v) is 2.73. The molecule has 0 unspecified atom stereocenters. The lowest BCUT2D eigenvalue weighted by Gasteiger charge is -2.27. The topological polar surface area (TPSA) is 76.0 Å². The largest absolute Gasteiger partial charge is 0.496 e. The van der Waals surface area contributed by atoms with Gasteiger partial charge in [-0.3, -0.25) is 14.7 Å². The first-order valence-corrected chi connectivity index (χ1v) is 8.47. The molecular formula is C19H22N4O3. The summed E-state index contributed by atoms with van der Waals surface area (Å²) in [4.78, 5) is 18.2. The number of hydrogen-bond donors (Lipinski definition) is 1. The van der Waals surface area contributed by atoms with E-state index < -0.39 is 0 Å². The smallest absolute Gasteiger partial charge is 0.272 e. The van der Waals surface area contributed by atoms with Crippen LogP contribution in [-0.4, -0.2) is 55.4 Å². The summed E-state index contributed by atoms with van der Waals surface area (Å²) in [5.74, 6) is 0.546. The van der Waals surface area contributed by atoms with Crippen molar-refractivity contribution in [3.8, 4) is 5.75 Å². The summed E-state index contributed by atoms with van der Waals surface area (Å²) >= 11 is 0. The van der Waals surface area contributed by atoms with Crippen molar-refractivity contribution in [2.24, 2.45) is 5.10 Å². The van der Waals surface area contributed by atoms with Gasteiger partial charge >= 0.3 is 0 Å². The average molecular weight is 354 g/mol. The van der Waals surface area contributed by atoms with Crippen LogP contribution in [-0.2, 0) is 11.3 Å². The van der Waals surface area contributed by atoms with E-state index in [2.05, 4.69) is 20.4 Å². The van der Waals surface area contributed by atoms with E-state index >= 15 is 0 Å². The molecule has 0 spiro atoms. The lowest BCUT2D eigenvalue weighted by atomic mass is 10.1. The quantitative estimate of drug-likeness (QED) is 0.631. The van der Waals surface area contributed by atoms with Gasteiger partial charge in [0.2, 0.25) is 0 Å². The minimum atomic E-state index is -0.295. The number of ether oxygens (including phenoxy) is 2. The van der Waals surface area contributed by atoms with Crippen LogP contribution in [0, 0.1) is 0 Å². The van der Waals surface area contributed by atoms with Crippen LogP contribution in [0.15, 0.2) is 47.8 Å². The summed E-state index contributed by atoms with van der Waals surface area (Å²) < 4.78 is 10.9. The van der Waals surface area contributed by atoms with E-state index in [1.807, 2.05) is 18.2 Å². The number of hydrazone groups is 1. The molecule has 0 atom stereocenters. The highest BCUT2D eigenvalue weighted by Gasteiger charge is 2.13. The molecule has 1 saturated heterocycles. The Hall–Kier alpha value is -2.77. The maximum absolute atomic E-state index is 12.0. The molecule has 0 aliphatic carbocycles. The number of morpholine rings is 1. The fraction of sp³-hybridized carbons (Fsp3) is 0.316. The summed E-state index contributed by atoms with van der Waals surface area (Å²) in [6.07, 6.45) is 4.74. The summed E-state index contributed by atoms with van der Waals surface area (Å²) in [5, 5.41) is 4.03. The van der Waals surface area contributed by atoms with Crippen molar-refractivity contribution in [3.63, 3.8) is 0 Å². The van der Waals surface area contributed by atoms with Crippen molar-refractivity contribution in [1.82, 2.24) is 15.3 Å². The monoisotopic (exact) mass is 354 g/mol. The van der Waals surface area contributed by atoms with Gasteiger partial charge in [0.05, 0.1) is 32.1 Å². The number of benzene rings is 1. The number of nitrogens with zero attached hydrogens (tertiary/aromatic N) is 3. The molecule has 0 bridgehead atoms. The van der Waals surface area contributed by atoms with Crippen molar-refractivity contribution in [3.05, 3.63) is 59.4 Å². The molecule has 1 aliphatic heterocycles. The first-order valence-electron chi connectivity index (χ1n) is 8.47. The van der Waals surface area contributed by atoms with Gasteiger partial charge in [-0.25, -0.2) is 5.43 Å². The highest BCUT2D eigenvalue weighted by Crippen LogP contribution is 2.21. The standard InChI is InChI=1S/C19H22N4O3/c1-25-18-5-4-15(11-17(18)14-23-7-9-26-10-8-23)12-21-22-19(24)16-3-2-6-20-13-16/h2-6,11-13H,7-10,14H2,1H3,(H,22,24)/b21-12-. The molecule has 26 heavy (non-hydrogen) atoms. The van der Waals surface area contributed by atoms with Crippen molar-refractivity contribution in [2.45, 2.75) is 6.54 Å². The first-order chi connectivity index (χ1) is 12.8. The normalized spacial score (nSPS) is 15.1. The lowest BCUT2D eigenvalue weighted by molar-refractivity contribution is 0.0339. The SMILES string of the molecule is COc1ccc(/C=N\NC(=O)c2cccnc2)cc1CN1CCOCC1. The van der Waals surface area contributed by atoms with Crippen LogP contribution in [0.3, 0.4) is 0 Å². The lowest BCUT2D eigenvalue weighted by Crippen LogP contribution is -2.35. The second-order valence-electron chi connectivity index (χ2n) is 5.90. The first kappa shape index (κ1) is 18.0. The zero-order valence-corrected chi connectivity index (χ0v) is 14.7. The number of nitrogens with one attached hydrogen (secondary N) is 1. The Balaban J connectivity index is 1.65. The van der Waals surface area contributed by atoms with E-state index in [0.717, 1.165) is 49.7 Å². The van der Waals surface area contributed by atoms with E-state index in [0.29, 0.717) is 5.56 Å². The predicted octanol–water partition coefficient (Wildman–Crippen LogP) is 1.69. The van der Waals surface area contributed by atoms with Crippen LogP contribution < -0.4 is 10.2 Å². The Morgan fingerprint density at radius 2 is 2.23 bits per heavy atom. The third-order valence-corrected chi connectivity index (χ3v) is 4.11. The second-order valence-corrected chi connectivity index (χ2v) is 5.90. The zero-order valence-electron chi connectivity index (χ0n) is 14.7. The zero-order chi connectivity index (χ0) is 18.2. The molecule has 1 fully saturated rings. The summed E-state index contributed by atoms with van der Waals surface area (Å²) in [6, 6.07) is 9.24. The molecule has 3 rings (SSSR count). The fourth-order valence-electron chi connectivity index (χ4n) is 2.73. The molecule has 1 aliphatic rings. The summed E-state index contributed by atoms with van der Waals surface area (Å²) in [7, 11) is 1.67. The highest BCUT2D eigenvalue weighted by molar-refractivity contribution is 5.94. The maximum Gasteiger partial charge on any atom is 0.272 e. The van der Waals surface area contributed by atoms with Crippen LogP contribution in [0.4, 0.5) is 0 Å². The number of carbonyl (C=O) groups excluding carboxylic acids is 1. The number of amides is 1. The molecule has 1 N–H and O–H groups in total.